The van der Waals surface area contributed by atoms with Gasteiger partial charge in [0.05, 0.1) is 12.1 Å². The molecule has 1 saturated carbocycles. The number of hydrogen-bond acceptors (Lipinski definition) is 4. The van der Waals surface area contributed by atoms with Gasteiger partial charge in [0.1, 0.15) is 6.26 Å². The quantitative estimate of drug-likeness (QED) is 0.821. The number of carbonyl (C=O) groups is 1. The standard InChI is InChI=1S/C17H20N2O3/c20-9-8-15(12-6-7-12)19-16(21)10-14-11-22-17(18-14)13-4-2-1-3-5-13/h1-5,11-12,15,20H,6-10H2,(H,19,21). The third-order valence-electron chi connectivity index (χ3n) is 3.89. The molecule has 1 fully saturated rings. The van der Waals surface area contributed by atoms with Gasteiger partial charge in [0.2, 0.25) is 11.8 Å². The molecule has 1 atom stereocenters. The van der Waals surface area contributed by atoms with Crippen LogP contribution < -0.4 is 5.32 Å². The van der Waals surface area contributed by atoms with Crippen LogP contribution in [0.1, 0.15) is 25.0 Å². The van der Waals surface area contributed by atoms with E-state index in [1.165, 1.54) is 6.26 Å². The summed E-state index contributed by atoms with van der Waals surface area (Å²) in [4.78, 5) is 16.5. The molecule has 0 radical (unpaired) electrons. The van der Waals surface area contributed by atoms with Crippen LogP contribution in [-0.4, -0.2) is 28.6 Å². The SMILES string of the molecule is O=C(Cc1coc(-c2ccccc2)n1)NC(CCO)C1CC1. The van der Waals surface area contributed by atoms with Crippen molar-refractivity contribution in [2.24, 2.45) is 5.92 Å². The Morgan fingerprint density at radius 2 is 2.14 bits per heavy atom. The molecule has 0 spiro atoms. The highest BCUT2D eigenvalue weighted by molar-refractivity contribution is 5.78. The zero-order valence-corrected chi connectivity index (χ0v) is 12.4. The van der Waals surface area contributed by atoms with Gasteiger partial charge in [0, 0.05) is 18.2 Å². The van der Waals surface area contributed by atoms with Crippen LogP contribution in [0.3, 0.4) is 0 Å². The largest absolute Gasteiger partial charge is 0.444 e. The minimum absolute atomic E-state index is 0.0711. The lowest BCUT2D eigenvalue weighted by Gasteiger charge is -2.16. The number of aliphatic hydroxyl groups excluding tert-OH is 1. The van der Waals surface area contributed by atoms with Gasteiger partial charge in [0.25, 0.3) is 0 Å². The van der Waals surface area contributed by atoms with Crippen molar-refractivity contribution in [1.29, 1.82) is 0 Å². The summed E-state index contributed by atoms with van der Waals surface area (Å²) < 4.78 is 5.43. The fourth-order valence-electron chi connectivity index (χ4n) is 2.59. The van der Waals surface area contributed by atoms with Gasteiger partial charge in [-0.1, -0.05) is 18.2 Å². The number of benzene rings is 1. The summed E-state index contributed by atoms with van der Waals surface area (Å²) in [5.41, 5.74) is 1.51. The molecule has 3 rings (SSSR count). The highest BCUT2D eigenvalue weighted by atomic mass is 16.3. The number of rotatable bonds is 7. The molecule has 1 amide bonds. The average molecular weight is 300 g/mol. The van der Waals surface area contributed by atoms with E-state index in [-0.39, 0.29) is 25.0 Å². The van der Waals surface area contributed by atoms with E-state index in [0.29, 0.717) is 23.9 Å². The van der Waals surface area contributed by atoms with E-state index in [1.54, 1.807) is 0 Å². The number of aliphatic hydroxyl groups is 1. The summed E-state index contributed by atoms with van der Waals surface area (Å²) in [5.74, 6) is 0.976. The van der Waals surface area contributed by atoms with Gasteiger partial charge >= 0.3 is 0 Å². The summed E-state index contributed by atoms with van der Waals surface area (Å²) in [7, 11) is 0. The molecule has 5 heteroatoms. The summed E-state index contributed by atoms with van der Waals surface area (Å²) in [5, 5.41) is 12.1. The van der Waals surface area contributed by atoms with Crippen LogP contribution in [-0.2, 0) is 11.2 Å². The van der Waals surface area contributed by atoms with Crippen molar-refractivity contribution < 1.29 is 14.3 Å². The van der Waals surface area contributed by atoms with Crippen LogP contribution in [0.5, 0.6) is 0 Å². The Bertz CT molecular complexity index is 620. The van der Waals surface area contributed by atoms with Crippen LogP contribution in [0.4, 0.5) is 0 Å². The molecule has 1 unspecified atom stereocenters. The highest BCUT2D eigenvalue weighted by Gasteiger charge is 2.31. The van der Waals surface area contributed by atoms with Gasteiger partial charge in [-0.25, -0.2) is 4.98 Å². The molecular weight excluding hydrogens is 280 g/mol. The monoisotopic (exact) mass is 300 g/mol. The van der Waals surface area contributed by atoms with Crippen LogP contribution in [0.2, 0.25) is 0 Å². The molecule has 5 nitrogen and oxygen atoms in total. The third kappa shape index (κ3) is 3.74. The van der Waals surface area contributed by atoms with E-state index >= 15 is 0 Å². The zero-order valence-electron chi connectivity index (χ0n) is 12.4. The van der Waals surface area contributed by atoms with E-state index in [0.717, 1.165) is 18.4 Å². The molecule has 1 aromatic carbocycles. The number of oxazole rings is 1. The minimum atomic E-state index is -0.0711. The van der Waals surface area contributed by atoms with Gasteiger partial charge in [0.15, 0.2) is 0 Å². The Hall–Kier alpha value is -2.14. The number of nitrogens with zero attached hydrogens (tertiary/aromatic N) is 1. The van der Waals surface area contributed by atoms with E-state index in [4.69, 9.17) is 9.52 Å². The Balaban J connectivity index is 1.59. The predicted octanol–water partition coefficient (Wildman–Crippen LogP) is 2.16. The topological polar surface area (TPSA) is 75.4 Å². The van der Waals surface area contributed by atoms with Gasteiger partial charge in [-0.2, -0.15) is 0 Å². The molecule has 1 heterocycles. The third-order valence-corrected chi connectivity index (χ3v) is 3.89. The fraction of sp³-hybridized carbons (Fsp3) is 0.412. The second-order valence-electron chi connectivity index (χ2n) is 5.71. The minimum Gasteiger partial charge on any atom is -0.444 e. The predicted molar refractivity (Wildman–Crippen MR) is 82.0 cm³/mol. The number of nitrogens with one attached hydrogen (secondary N) is 1. The molecule has 0 saturated heterocycles. The lowest BCUT2D eigenvalue weighted by atomic mass is 10.1. The van der Waals surface area contributed by atoms with E-state index in [9.17, 15) is 4.79 Å². The van der Waals surface area contributed by atoms with Gasteiger partial charge in [-0.15, -0.1) is 0 Å². The van der Waals surface area contributed by atoms with Gasteiger partial charge in [-0.3, -0.25) is 4.79 Å². The summed E-state index contributed by atoms with van der Waals surface area (Å²) >= 11 is 0. The first-order valence-corrected chi connectivity index (χ1v) is 7.66. The smallest absolute Gasteiger partial charge is 0.226 e. The van der Waals surface area contributed by atoms with Crippen molar-refractivity contribution in [3.05, 3.63) is 42.3 Å². The maximum absolute atomic E-state index is 12.1. The summed E-state index contributed by atoms with van der Waals surface area (Å²) in [6.45, 7) is 0.101. The van der Waals surface area contributed by atoms with Gasteiger partial charge in [-0.05, 0) is 37.3 Å². The maximum atomic E-state index is 12.1. The molecular formula is C17H20N2O3. The molecule has 1 aliphatic carbocycles. The molecule has 22 heavy (non-hydrogen) atoms. The number of amides is 1. The molecule has 2 aromatic rings. The fourth-order valence-corrected chi connectivity index (χ4v) is 2.59. The highest BCUT2D eigenvalue weighted by Crippen LogP contribution is 2.33. The normalized spacial score (nSPS) is 15.5. The summed E-state index contributed by atoms with van der Waals surface area (Å²) in [6, 6.07) is 9.68. The molecule has 2 N–H and O–H groups in total. The second-order valence-corrected chi connectivity index (χ2v) is 5.71. The van der Waals surface area contributed by atoms with Gasteiger partial charge < -0.3 is 14.8 Å². The number of hydrogen-bond donors (Lipinski definition) is 2. The van der Waals surface area contributed by atoms with Crippen molar-refractivity contribution in [3.63, 3.8) is 0 Å². The first kappa shape index (κ1) is 14.8. The van der Waals surface area contributed by atoms with Crippen molar-refractivity contribution in [2.75, 3.05) is 6.61 Å². The van der Waals surface area contributed by atoms with Crippen molar-refractivity contribution in [1.82, 2.24) is 10.3 Å². The average Bonchev–Trinajstić information content (AvgIpc) is 3.28. The zero-order chi connectivity index (χ0) is 15.4. The maximum Gasteiger partial charge on any atom is 0.226 e. The Morgan fingerprint density at radius 3 is 2.82 bits per heavy atom. The van der Waals surface area contributed by atoms with E-state index < -0.39 is 0 Å². The van der Waals surface area contributed by atoms with E-state index in [1.807, 2.05) is 30.3 Å². The lowest BCUT2D eigenvalue weighted by Crippen LogP contribution is -2.38. The van der Waals surface area contributed by atoms with Crippen LogP contribution in [0.15, 0.2) is 41.0 Å². The lowest BCUT2D eigenvalue weighted by molar-refractivity contribution is -0.121. The molecule has 116 valence electrons. The Morgan fingerprint density at radius 1 is 1.36 bits per heavy atom. The molecule has 0 aliphatic heterocycles. The first-order chi connectivity index (χ1) is 10.8. The Kier molecular flexibility index (Phi) is 4.53. The Labute approximate surface area is 129 Å². The van der Waals surface area contributed by atoms with Crippen molar-refractivity contribution in [2.45, 2.75) is 31.7 Å². The number of aromatic nitrogens is 1. The molecule has 0 bridgehead atoms. The molecule has 1 aromatic heterocycles. The second kappa shape index (κ2) is 6.75. The van der Waals surface area contributed by atoms with Crippen molar-refractivity contribution in [3.8, 4) is 11.5 Å². The van der Waals surface area contributed by atoms with Crippen LogP contribution in [0.25, 0.3) is 11.5 Å². The molecule has 1 aliphatic rings. The number of carbonyl (C=O) groups excluding carboxylic acids is 1. The first-order valence-electron chi connectivity index (χ1n) is 7.66. The van der Waals surface area contributed by atoms with Crippen molar-refractivity contribution >= 4 is 5.91 Å². The van der Waals surface area contributed by atoms with Crippen LogP contribution >= 0.6 is 0 Å². The summed E-state index contributed by atoms with van der Waals surface area (Å²) in [6.07, 6.45) is 4.61. The van der Waals surface area contributed by atoms with E-state index in [2.05, 4.69) is 10.3 Å². The van der Waals surface area contributed by atoms with Crippen LogP contribution in [0, 0.1) is 5.92 Å².